The molecule has 168 valence electrons. The SMILES string of the molecule is CC(C)(C)CCc1cn(CCCCCCOCCCCCC(=O)C(C)(C)C)nn1. The minimum absolute atomic E-state index is 0.195. The number of carbonyl (C=O) groups is 1. The second-order valence-corrected chi connectivity index (χ2v) is 10.5. The van der Waals surface area contributed by atoms with Gasteiger partial charge in [0.1, 0.15) is 5.78 Å². The molecule has 1 heterocycles. The Bertz CT molecular complexity index is 567. The normalized spacial score (nSPS) is 12.5. The van der Waals surface area contributed by atoms with Crippen molar-refractivity contribution in [2.24, 2.45) is 10.8 Å². The van der Waals surface area contributed by atoms with Crippen LogP contribution in [0.4, 0.5) is 0 Å². The summed E-state index contributed by atoms with van der Waals surface area (Å²) in [7, 11) is 0. The third kappa shape index (κ3) is 13.6. The Morgan fingerprint density at radius 1 is 0.931 bits per heavy atom. The molecule has 1 aromatic heterocycles. The summed E-state index contributed by atoms with van der Waals surface area (Å²) < 4.78 is 7.70. The lowest BCUT2D eigenvalue weighted by atomic mass is 9.88. The summed E-state index contributed by atoms with van der Waals surface area (Å²) >= 11 is 0. The summed E-state index contributed by atoms with van der Waals surface area (Å²) in [6.07, 6.45) is 12.7. The standard InChI is InChI=1S/C24H45N3O2/c1-23(2,3)16-15-21-20-27(26-25-21)17-11-7-8-12-18-29-19-13-9-10-14-22(28)24(4,5)6/h20H,7-19H2,1-6H3. The topological polar surface area (TPSA) is 57.0 Å². The molecule has 5 heteroatoms. The molecule has 0 aromatic carbocycles. The van der Waals surface area contributed by atoms with Crippen molar-refractivity contribution in [2.75, 3.05) is 13.2 Å². The van der Waals surface area contributed by atoms with Gasteiger partial charge in [0, 0.05) is 37.8 Å². The fourth-order valence-corrected chi connectivity index (χ4v) is 3.04. The van der Waals surface area contributed by atoms with Gasteiger partial charge in [0.15, 0.2) is 0 Å². The highest BCUT2D eigenvalue weighted by Gasteiger charge is 2.19. The number of nitrogens with zero attached hydrogens (tertiary/aromatic N) is 3. The Kier molecular flexibility index (Phi) is 11.7. The summed E-state index contributed by atoms with van der Waals surface area (Å²) in [6, 6.07) is 0. The largest absolute Gasteiger partial charge is 0.381 e. The summed E-state index contributed by atoms with van der Waals surface area (Å²) in [4.78, 5) is 11.8. The minimum atomic E-state index is -0.195. The molecule has 1 aromatic rings. The number of hydrogen-bond donors (Lipinski definition) is 0. The molecule has 0 atom stereocenters. The van der Waals surface area contributed by atoms with Gasteiger partial charge >= 0.3 is 0 Å². The van der Waals surface area contributed by atoms with Crippen LogP contribution in [0.3, 0.4) is 0 Å². The Morgan fingerprint density at radius 3 is 2.17 bits per heavy atom. The van der Waals surface area contributed by atoms with Crippen molar-refractivity contribution in [2.45, 2.75) is 112 Å². The average molecular weight is 408 g/mol. The first-order valence-corrected chi connectivity index (χ1v) is 11.6. The maximum Gasteiger partial charge on any atom is 0.138 e. The van der Waals surface area contributed by atoms with Gasteiger partial charge in [-0.15, -0.1) is 5.10 Å². The van der Waals surface area contributed by atoms with E-state index in [1.807, 2.05) is 25.5 Å². The molecular weight excluding hydrogens is 362 g/mol. The Balaban J connectivity index is 1.92. The van der Waals surface area contributed by atoms with Crippen LogP contribution < -0.4 is 0 Å². The van der Waals surface area contributed by atoms with Crippen LogP contribution in [0.25, 0.3) is 0 Å². The van der Waals surface area contributed by atoms with Crippen molar-refractivity contribution in [3.63, 3.8) is 0 Å². The van der Waals surface area contributed by atoms with Gasteiger partial charge in [0.2, 0.25) is 0 Å². The Morgan fingerprint density at radius 2 is 1.55 bits per heavy atom. The van der Waals surface area contributed by atoms with E-state index in [9.17, 15) is 4.79 Å². The van der Waals surface area contributed by atoms with E-state index < -0.39 is 0 Å². The van der Waals surface area contributed by atoms with E-state index in [0.717, 1.165) is 70.4 Å². The maximum atomic E-state index is 11.8. The van der Waals surface area contributed by atoms with Crippen LogP contribution in [0.1, 0.15) is 105 Å². The van der Waals surface area contributed by atoms with Crippen LogP contribution in [0.2, 0.25) is 0 Å². The van der Waals surface area contributed by atoms with Gasteiger partial charge in [-0.05, 0) is 43.9 Å². The second kappa shape index (κ2) is 13.1. The molecule has 0 spiro atoms. The first-order valence-electron chi connectivity index (χ1n) is 11.6. The van der Waals surface area contributed by atoms with Crippen molar-refractivity contribution in [3.8, 4) is 0 Å². The zero-order valence-corrected chi connectivity index (χ0v) is 19.9. The third-order valence-corrected chi connectivity index (χ3v) is 5.17. The molecule has 29 heavy (non-hydrogen) atoms. The van der Waals surface area contributed by atoms with Crippen molar-refractivity contribution < 1.29 is 9.53 Å². The fourth-order valence-electron chi connectivity index (χ4n) is 3.04. The molecule has 0 unspecified atom stereocenters. The molecule has 0 bridgehead atoms. The molecule has 0 radical (unpaired) electrons. The van der Waals surface area contributed by atoms with E-state index in [4.69, 9.17) is 4.74 Å². The maximum absolute atomic E-state index is 11.8. The summed E-state index contributed by atoms with van der Waals surface area (Å²) in [6.45, 7) is 15.4. The van der Waals surface area contributed by atoms with Gasteiger partial charge in [-0.3, -0.25) is 9.48 Å². The van der Waals surface area contributed by atoms with Crippen molar-refractivity contribution >= 4 is 5.78 Å². The fraction of sp³-hybridized carbons (Fsp3) is 0.875. The summed E-state index contributed by atoms with van der Waals surface area (Å²) in [5.41, 5.74) is 1.26. The number of aryl methyl sites for hydroxylation is 2. The van der Waals surface area contributed by atoms with Gasteiger partial charge in [-0.25, -0.2) is 0 Å². The average Bonchev–Trinajstić information content (AvgIpc) is 3.07. The number of ether oxygens (including phenoxy) is 1. The Labute approximate surface area is 179 Å². The minimum Gasteiger partial charge on any atom is -0.381 e. The molecule has 0 amide bonds. The molecule has 0 aliphatic rings. The van der Waals surface area contributed by atoms with E-state index in [1.165, 1.54) is 12.8 Å². The van der Waals surface area contributed by atoms with Gasteiger partial charge in [-0.1, -0.05) is 66.0 Å². The van der Waals surface area contributed by atoms with E-state index in [-0.39, 0.29) is 5.41 Å². The molecular formula is C24H45N3O2. The molecule has 0 saturated heterocycles. The van der Waals surface area contributed by atoms with E-state index in [0.29, 0.717) is 17.6 Å². The number of unbranched alkanes of at least 4 members (excludes halogenated alkanes) is 5. The van der Waals surface area contributed by atoms with E-state index >= 15 is 0 Å². The van der Waals surface area contributed by atoms with Gasteiger partial charge in [0.05, 0.1) is 5.69 Å². The molecule has 5 nitrogen and oxygen atoms in total. The first kappa shape index (κ1) is 25.8. The third-order valence-electron chi connectivity index (χ3n) is 5.17. The Hall–Kier alpha value is -1.23. The van der Waals surface area contributed by atoms with Crippen LogP contribution in [0.5, 0.6) is 0 Å². The van der Waals surface area contributed by atoms with Gasteiger partial charge in [-0.2, -0.15) is 0 Å². The highest BCUT2D eigenvalue weighted by atomic mass is 16.5. The van der Waals surface area contributed by atoms with Crippen LogP contribution in [0.15, 0.2) is 6.20 Å². The summed E-state index contributed by atoms with van der Waals surface area (Å²) in [5.74, 6) is 0.366. The number of Topliss-reactive ketones (excluding diaryl/α,β-unsaturated/α-hetero) is 1. The molecule has 1 rings (SSSR count). The smallest absolute Gasteiger partial charge is 0.138 e. The summed E-state index contributed by atoms with van der Waals surface area (Å²) in [5, 5.41) is 8.53. The molecule has 0 aliphatic carbocycles. The van der Waals surface area contributed by atoms with Gasteiger partial charge < -0.3 is 4.74 Å². The van der Waals surface area contributed by atoms with E-state index in [1.54, 1.807) is 0 Å². The lowest BCUT2D eigenvalue weighted by molar-refractivity contribution is -0.126. The lowest BCUT2D eigenvalue weighted by Gasteiger charge is -2.16. The van der Waals surface area contributed by atoms with Crippen LogP contribution in [0, 0.1) is 10.8 Å². The zero-order chi connectivity index (χ0) is 21.8. The second-order valence-electron chi connectivity index (χ2n) is 10.5. The number of carbonyl (C=O) groups excluding carboxylic acids is 1. The highest BCUT2D eigenvalue weighted by molar-refractivity contribution is 5.83. The lowest BCUT2D eigenvalue weighted by Crippen LogP contribution is -2.19. The van der Waals surface area contributed by atoms with Crippen molar-refractivity contribution in [1.29, 1.82) is 0 Å². The predicted octanol–water partition coefficient (Wildman–Crippen LogP) is 6.01. The van der Waals surface area contributed by atoms with Crippen LogP contribution >= 0.6 is 0 Å². The van der Waals surface area contributed by atoms with Gasteiger partial charge in [0.25, 0.3) is 0 Å². The number of ketones is 1. The molecule has 0 N–H and O–H groups in total. The first-order chi connectivity index (χ1) is 13.6. The molecule has 0 saturated carbocycles. The van der Waals surface area contributed by atoms with Crippen LogP contribution in [-0.4, -0.2) is 34.0 Å². The zero-order valence-electron chi connectivity index (χ0n) is 19.9. The molecule has 0 aliphatic heterocycles. The number of hydrogen-bond acceptors (Lipinski definition) is 4. The van der Waals surface area contributed by atoms with Crippen molar-refractivity contribution in [3.05, 3.63) is 11.9 Å². The molecule has 0 fully saturated rings. The van der Waals surface area contributed by atoms with Crippen LogP contribution in [-0.2, 0) is 22.5 Å². The predicted molar refractivity (Wildman–Crippen MR) is 120 cm³/mol. The monoisotopic (exact) mass is 407 g/mol. The van der Waals surface area contributed by atoms with Crippen molar-refractivity contribution in [1.82, 2.24) is 15.0 Å². The number of aromatic nitrogens is 3. The van der Waals surface area contributed by atoms with E-state index in [2.05, 4.69) is 37.3 Å². The highest BCUT2D eigenvalue weighted by Crippen LogP contribution is 2.20. The quantitative estimate of drug-likeness (QED) is 0.334. The number of rotatable bonds is 15.